The lowest BCUT2D eigenvalue weighted by molar-refractivity contribution is -0.126. The number of aromatic nitrogens is 2. The van der Waals surface area contributed by atoms with Gasteiger partial charge >= 0.3 is 0 Å². The number of hydrogen-bond acceptors (Lipinski definition) is 3. The molecule has 0 bridgehead atoms. The summed E-state index contributed by atoms with van der Waals surface area (Å²) in [4.78, 5) is 21.0. The maximum absolute atomic E-state index is 13.3. The molecule has 2 heterocycles. The molecule has 0 aliphatic heterocycles. The summed E-state index contributed by atoms with van der Waals surface area (Å²) in [5.74, 6) is 0.00617. The Bertz CT molecular complexity index is 1720. The SMILES string of the molecule is O=C(/C=C/c1ccccc1)N(CCc1csc2nc(-c3ccc4ccccc4c3)cn12)Cc1ccccc1. The van der Waals surface area contributed by atoms with Gasteiger partial charge in [-0.1, -0.05) is 97.1 Å². The predicted molar refractivity (Wildman–Crippen MR) is 157 cm³/mol. The third-order valence-electron chi connectivity index (χ3n) is 6.71. The third kappa shape index (κ3) is 5.29. The van der Waals surface area contributed by atoms with Crippen molar-refractivity contribution in [2.75, 3.05) is 6.54 Å². The highest BCUT2D eigenvalue weighted by Gasteiger charge is 2.15. The van der Waals surface area contributed by atoms with Gasteiger partial charge in [-0.25, -0.2) is 4.98 Å². The highest BCUT2D eigenvalue weighted by molar-refractivity contribution is 7.15. The number of nitrogens with zero attached hydrogens (tertiary/aromatic N) is 3. The molecule has 4 nitrogen and oxygen atoms in total. The molecule has 6 rings (SSSR count). The van der Waals surface area contributed by atoms with Crippen LogP contribution in [0.1, 0.15) is 16.8 Å². The lowest BCUT2D eigenvalue weighted by Crippen LogP contribution is -2.31. The van der Waals surface area contributed by atoms with E-state index >= 15 is 0 Å². The van der Waals surface area contributed by atoms with E-state index in [-0.39, 0.29) is 5.91 Å². The first kappa shape index (κ1) is 23.9. The van der Waals surface area contributed by atoms with Crippen molar-refractivity contribution in [1.29, 1.82) is 0 Å². The minimum absolute atomic E-state index is 0.00617. The van der Waals surface area contributed by atoms with Crippen molar-refractivity contribution >= 4 is 39.1 Å². The average Bonchev–Trinajstić information content (AvgIpc) is 3.56. The second kappa shape index (κ2) is 10.9. The number of thiazole rings is 1. The highest BCUT2D eigenvalue weighted by Crippen LogP contribution is 2.27. The first-order valence-corrected chi connectivity index (χ1v) is 13.6. The zero-order valence-corrected chi connectivity index (χ0v) is 21.7. The second-order valence-electron chi connectivity index (χ2n) is 9.31. The van der Waals surface area contributed by atoms with E-state index in [1.54, 1.807) is 17.4 Å². The molecule has 1 amide bonds. The van der Waals surface area contributed by atoms with Crippen LogP contribution >= 0.6 is 11.3 Å². The number of imidazole rings is 1. The number of amides is 1. The van der Waals surface area contributed by atoms with Crippen molar-refractivity contribution in [2.24, 2.45) is 0 Å². The maximum atomic E-state index is 13.3. The van der Waals surface area contributed by atoms with Gasteiger partial charge in [-0.3, -0.25) is 9.20 Å². The Labute approximate surface area is 226 Å². The van der Waals surface area contributed by atoms with E-state index in [2.05, 4.69) is 70.6 Å². The summed E-state index contributed by atoms with van der Waals surface area (Å²) in [6.45, 7) is 1.18. The molecule has 38 heavy (non-hydrogen) atoms. The van der Waals surface area contributed by atoms with Crippen molar-refractivity contribution in [3.63, 3.8) is 0 Å². The Balaban J connectivity index is 1.22. The van der Waals surface area contributed by atoms with Crippen molar-refractivity contribution in [1.82, 2.24) is 14.3 Å². The first-order chi connectivity index (χ1) is 18.7. The van der Waals surface area contributed by atoms with Gasteiger partial charge in [-0.2, -0.15) is 0 Å². The molecule has 0 atom stereocenters. The molecule has 0 aliphatic rings. The van der Waals surface area contributed by atoms with Crippen LogP contribution in [0.15, 0.2) is 121 Å². The maximum Gasteiger partial charge on any atom is 0.246 e. The molecule has 0 radical (unpaired) electrons. The van der Waals surface area contributed by atoms with Crippen molar-refractivity contribution in [3.8, 4) is 11.3 Å². The van der Waals surface area contributed by atoms with Gasteiger partial charge in [0.25, 0.3) is 0 Å². The normalized spacial score (nSPS) is 11.5. The Hall–Kier alpha value is -4.48. The summed E-state index contributed by atoms with van der Waals surface area (Å²) < 4.78 is 2.17. The van der Waals surface area contributed by atoms with Gasteiger partial charge in [0.05, 0.1) is 5.69 Å². The van der Waals surface area contributed by atoms with Gasteiger partial charge in [-0.05, 0) is 34.0 Å². The molecule has 0 aliphatic carbocycles. The number of rotatable bonds is 8. The third-order valence-corrected chi connectivity index (χ3v) is 7.60. The first-order valence-electron chi connectivity index (χ1n) is 12.7. The van der Waals surface area contributed by atoms with Crippen LogP contribution in [0, 0.1) is 0 Å². The Morgan fingerprint density at radius 3 is 2.42 bits per heavy atom. The molecule has 2 aromatic heterocycles. The Morgan fingerprint density at radius 1 is 0.868 bits per heavy atom. The summed E-state index contributed by atoms with van der Waals surface area (Å²) >= 11 is 1.64. The fourth-order valence-corrected chi connectivity index (χ4v) is 5.56. The predicted octanol–water partition coefficient (Wildman–Crippen LogP) is 7.50. The van der Waals surface area contributed by atoms with Gasteiger partial charge in [0.2, 0.25) is 5.91 Å². The molecule has 186 valence electrons. The molecule has 0 unspecified atom stereocenters. The van der Waals surface area contributed by atoms with Crippen LogP contribution in [0.2, 0.25) is 0 Å². The minimum Gasteiger partial charge on any atom is -0.334 e. The number of carbonyl (C=O) groups excluding carboxylic acids is 1. The average molecular weight is 514 g/mol. The lowest BCUT2D eigenvalue weighted by Gasteiger charge is -2.21. The number of benzene rings is 4. The molecular formula is C33H27N3OS. The molecule has 0 fully saturated rings. The summed E-state index contributed by atoms with van der Waals surface area (Å²) in [7, 11) is 0. The van der Waals surface area contributed by atoms with Crippen LogP contribution in [-0.4, -0.2) is 26.7 Å². The monoisotopic (exact) mass is 513 g/mol. The smallest absolute Gasteiger partial charge is 0.246 e. The zero-order chi connectivity index (χ0) is 25.7. The molecule has 5 heteroatoms. The summed E-state index contributed by atoms with van der Waals surface area (Å²) in [5, 5.41) is 4.58. The van der Waals surface area contributed by atoms with E-state index in [0.29, 0.717) is 13.1 Å². The van der Waals surface area contributed by atoms with Crippen molar-refractivity contribution in [3.05, 3.63) is 138 Å². The largest absolute Gasteiger partial charge is 0.334 e. The molecule has 0 saturated carbocycles. The van der Waals surface area contributed by atoms with E-state index in [0.717, 1.165) is 39.5 Å². The van der Waals surface area contributed by atoms with Gasteiger partial charge in [0, 0.05) is 48.4 Å². The molecule has 4 aromatic carbocycles. The van der Waals surface area contributed by atoms with E-state index in [4.69, 9.17) is 4.98 Å². The van der Waals surface area contributed by atoms with Gasteiger partial charge in [-0.15, -0.1) is 11.3 Å². The quantitative estimate of drug-likeness (QED) is 0.198. The standard InChI is InChI=1S/C33H27N3OS/c37-32(18-15-25-9-3-1-4-10-25)35(22-26-11-5-2-6-12-26)20-19-30-24-38-33-34-31(23-36(30)33)29-17-16-27-13-7-8-14-28(27)21-29/h1-18,21,23-24H,19-20,22H2/b18-15+. The number of fused-ring (bicyclic) bond motifs is 2. The van der Waals surface area contributed by atoms with Gasteiger partial charge in [0.1, 0.15) is 0 Å². The van der Waals surface area contributed by atoms with E-state index in [9.17, 15) is 4.79 Å². The van der Waals surface area contributed by atoms with Crippen LogP contribution in [0.3, 0.4) is 0 Å². The van der Waals surface area contributed by atoms with Crippen LogP contribution in [0.5, 0.6) is 0 Å². The molecular weight excluding hydrogens is 486 g/mol. The molecule has 6 aromatic rings. The zero-order valence-electron chi connectivity index (χ0n) is 20.9. The van der Waals surface area contributed by atoms with Gasteiger partial charge in [0.15, 0.2) is 4.96 Å². The van der Waals surface area contributed by atoms with E-state index in [1.807, 2.05) is 59.5 Å². The van der Waals surface area contributed by atoms with Gasteiger partial charge < -0.3 is 4.90 Å². The highest BCUT2D eigenvalue weighted by atomic mass is 32.1. The summed E-state index contributed by atoms with van der Waals surface area (Å²) in [5.41, 5.74) is 5.36. The second-order valence-corrected chi connectivity index (χ2v) is 10.1. The molecule has 0 N–H and O–H groups in total. The number of hydrogen-bond donors (Lipinski definition) is 0. The van der Waals surface area contributed by atoms with Crippen molar-refractivity contribution in [2.45, 2.75) is 13.0 Å². The van der Waals surface area contributed by atoms with E-state index < -0.39 is 0 Å². The fourth-order valence-electron chi connectivity index (χ4n) is 4.65. The Morgan fingerprint density at radius 2 is 1.61 bits per heavy atom. The van der Waals surface area contributed by atoms with Crippen LogP contribution in [0.25, 0.3) is 33.1 Å². The molecule has 0 saturated heterocycles. The topological polar surface area (TPSA) is 37.6 Å². The summed E-state index contributed by atoms with van der Waals surface area (Å²) in [6, 6.07) is 34.9. The Kier molecular flexibility index (Phi) is 6.83. The van der Waals surface area contributed by atoms with Crippen molar-refractivity contribution < 1.29 is 4.79 Å². The van der Waals surface area contributed by atoms with Crippen LogP contribution < -0.4 is 0 Å². The fraction of sp³-hybridized carbons (Fsp3) is 0.0909. The molecule has 0 spiro atoms. The number of carbonyl (C=O) groups is 1. The summed E-state index contributed by atoms with van der Waals surface area (Å²) in [6.07, 6.45) is 6.42. The van der Waals surface area contributed by atoms with Crippen LogP contribution in [0.4, 0.5) is 0 Å². The lowest BCUT2D eigenvalue weighted by atomic mass is 10.1. The van der Waals surface area contributed by atoms with Crippen LogP contribution in [-0.2, 0) is 17.8 Å². The minimum atomic E-state index is 0.00617. The van der Waals surface area contributed by atoms with E-state index in [1.165, 1.54) is 10.8 Å².